The average Bonchev–Trinajstić information content (AvgIpc) is 3.37. The van der Waals surface area contributed by atoms with Crippen molar-refractivity contribution in [1.82, 2.24) is 15.6 Å². The minimum atomic E-state index is -4.86. The first-order valence-electron chi connectivity index (χ1n) is 12.9. The Labute approximate surface area is 226 Å². The number of anilines is 1. The summed E-state index contributed by atoms with van der Waals surface area (Å²) in [5.41, 5.74) is -2.80. The van der Waals surface area contributed by atoms with Crippen LogP contribution in [0.5, 0.6) is 5.75 Å². The van der Waals surface area contributed by atoms with Gasteiger partial charge in [-0.05, 0) is 69.9 Å². The molecule has 13 heteroatoms. The molecule has 3 atom stereocenters. The number of carbonyl (C=O) groups excluding carboxylic acids is 2. The molecule has 5 rings (SSSR count). The summed E-state index contributed by atoms with van der Waals surface area (Å²) < 4.78 is 85.3. The Hall–Kier alpha value is -3.51. The minimum absolute atomic E-state index is 0.0272. The van der Waals surface area contributed by atoms with Gasteiger partial charge in [-0.2, -0.15) is 13.2 Å². The van der Waals surface area contributed by atoms with Crippen LogP contribution in [0.4, 0.5) is 32.2 Å². The van der Waals surface area contributed by atoms with Crippen molar-refractivity contribution in [3.05, 3.63) is 53.5 Å². The molecule has 2 N–H and O–H groups in total. The number of piperidine rings is 1. The molecular formula is C27H28F6N4O3. The number of nitrogens with zero attached hydrogens (tertiary/aromatic N) is 2. The van der Waals surface area contributed by atoms with Crippen LogP contribution in [0.25, 0.3) is 0 Å². The van der Waals surface area contributed by atoms with E-state index in [4.69, 9.17) is 4.74 Å². The number of ether oxygens (including phenoxy) is 1. The standard InChI is InChI=1S/C27H28F6N4O3/c1-25(2,40-20-7-4-15(28)9-19(20)27(31,32)33)24(39)35-16-10-17-5-6-18(11-16)37(17)22-8-3-14(13-34-22)23(38)36-21-12-26(21,29)30/h3-4,7-9,13,16-18,21H,5-6,10-12H2,1-2H3,(H,35,39)(H,36,38). The van der Waals surface area contributed by atoms with Crippen molar-refractivity contribution in [3.63, 3.8) is 0 Å². The molecule has 2 amide bonds. The molecule has 3 aliphatic rings. The van der Waals surface area contributed by atoms with Gasteiger partial charge in [0.15, 0.2) is 5.60 Å². The Kier molecular flexibility index (Phi) is 6.90. The van der Waals surface area contributed by atoms with Crippen LogP contribution in [0.1, 0.15) is 61.9 Å². The topological polar surface area (TPSA) is 83.6 Å². The number of hydrogen-bond acceptors (Lipinski definition) is 5. The van der Waals surface area contributed by atoms with Crippen molar-refractivity contribution in [1.29, 1.82) is 0 Å². The van der Waals surface area contributed by atoms with Crippen molar-refractivity contribution >= 4 is 17.6 Å². The summed E-state index contributed by atoms with van der Waals surface area (Å²) >= 11 is 0. The number of halogens is 6. The highest BCUT2D eigenvalue weighted by atomic mass is 19.4. The van der Waals surface area contributed by atoms with Crippen molar-refractivity contribution in [2.24, 2.45) is 0 Å². The van der Waals surface area contributed by atoms with E-state index in [1.54, 1.807) is 6.07 Å². The van der Waals surface area contributed by atoms with Crippen LogP contribution in [0.2, 0.25) is 0 Å². The van der Waals surface area contributed by atoms with E-state index in [1.165, 1.54) is 26.1 Å². The minimum Gasteiger partial charge on any atom is -0.477 e. The van der Waals surface area contributed by atoms with Gasteiger partial charge in [-0.3, -0.25) is 9.59 Å². The number of carbonyl (C=O) groups is 2. The quantitative estimate of drug-likeness (QED) is 0.466. The number of alkyl halides is 5. The largest absolute Gasteiger partial charge is 0.477 e. The third-order valence-corrected chi connectivity index (χ3v) is 7.63. The Morgan fingerprint density at radius 3 is 2.25 bits per heavy atom. The van der Waals surface area contributed by atoms with Gasteiger partial charge >= 0.3 is 6.18 Å². The lowest BCUT2D eigenvalue weighted by Crippen LogP contribution is -2.55. The van der Waals surface area contributed by atoms with Crippen molar-refractivity contribution in [2.75, 3.05) is 4.90 Å². The molecule has 1 aromatic carbocycles. The highest BCUT2D eigenvalue weighted by Gasteiger charge is 2.58. The molecule has 3 fully saturated rings. The number of amides is 2. The highest BCUT2D eigenvalue weighted by molar-refractivity contribution is 5.94. The Balaban J connectivity index is 1.20. The van der Waals surface area contributed by atoms with Gasteiger partial charge in [-0.15, -0.1) is 0 Å². The zero-order valence-corrected chi connectivity index (χ0v) is 21.7. The van der Waals surface area contributed by atoms with Crippen LogP contribution in [-0.4, -0.2) is 52.5 Å². The Morgan fingerprint density at radius 2 is 1.70 bits per heavy atom. The van der Waals surface area contributed by atoms with Gasteiger partial charge < -0.3 is 20.3 Å². The van der Waals surface area contributed by atoms with E-state index in [-0.39, 0.29) is 30.1 Å². The molecule has 1 saturated carbocycles. The number of aromatic nitrogens is 1. The number of hydrogen-bond donors (Lipinski definition) is 2. The molecule has 2 aliphatic heterocycles. The molecule has 7 nitrogen and oxygen atoms in total. The lowest BCUT2D eigenvalue weighted by atomic mass is 9.96. The van der Waals surface area contributed by atoms with E-state index in [2.05, 4.69) is 20.5 Å². The molecule has 1 aliphatic carbocycles. The van der Waals surface area contributed by atoms with E-state index in [0.717, 1.165) is 25.0 Å². The normalized spacial score (nSPS) is 25.4. The summed E-state index contributed by atoms with van der Waals surface area (Å²) in [4.78, 5) is 31.8. The Bertz CT molecular complexity index is 1290. The fraction of sp³-hybridized carbons (Fsp3) is 0.519. The Morgan fingerprint density at radius 1 is 1.05 bits per heavy atom. The van der Waals surface area contributed by atoms with Crippen molar-refractivity contribution in [3.8, 4) is 5.75 Å². The van der Waals surface area contributed by atoms with Crippen LogP contribution in [0, 0.1) is 5.82 Å². The molecule has 1 aromatic heterocycles. The second kappa shape index (κ2) is 9.84. The fourth-order valence-corrected chi connectivity index (χ4v) is 5.45. The van der Waals surface area contributed by atoms with Crippen LogP contribution >= 0.6 is 0 Å². The third-order valence-electron chi connectivity index (χ3n) is 7.63. The van der Waals surface area contributed by atoms with Crippen LogP contribution in [0.3, 0.4) is 0 Å². The van der Waals surface area contributed by atoms with Crippen LogP contribution in [0.15, 0.2) is 36.5 Å². The SMILES string of the molecule is CC(C)(Oc1ccc(F)cc1C(F)(F)F)C(=O)NC1CC2CCC(C1)N2c1ccc(C(=O)NC2CC2(F)F)cn1. The second-order valence-electron chi connectivity index (χ2n) is 11.1. The fourth-order valence-electron chi connectivity index (χ4n) is 5.45. The molecular weight excluding hydrogens is 542 g/mol. The summed E-state index contributed by atoms with van der Waals surface area (Å²) in [6.45, 7) is 2.70. The molecule has 3 heterocycles. The van der Waals surface area contributed by atoms with Gasteiger partial charge in [0.05, 0.1) is 11.6 Å². The van der Waals surface area contributed by atoms with Gasteiger partial charge in [0, 0.05) is 30.7 Å². The summed E-state index contributed by atoms with van der Waals surface area (Å²) in [5, 5.41) is 5.18. The summed E-state index contributed by atoms with van der Waals surface area (Å²) in [7, 11) is 0. The van der Waals surface area contributed by atoms with Gasteiger partial charge in [-0.1, -0.05) is 0 Å². The van der Waals surface area contributed by atoms with Crippen LogP contribution in [-0.2, 0) is 11.0 Å². The van der Waals surface area contributed by atoms with E-state index in [1.807, 2.05) is 0 Å². The number of pyridine rings is 1. The first kappa shape index (κ1) is 28.0. The van der Waals surface area contributed by atoms with E-state index < -0.39 is 52.7 Å². The van der Waals surface area contributed by atoms with Gasteiger partial charge in [0.2, 0.25) is 0 Å². The summed E-state index contributed by atoms with van der Waals surface area (Å²) in [5.74, 6) is -5.16. The maximum absolute atomic E-state index is 13.5. The van der Waals surface area contributed by atoms with E-state index in [0.29, 0.717) is 24.7 Å². The summed E-state index contributed by atoms with van der Waals surface area (Å²) in [6, 6.07) is 3.87. The average molecular weight is 571 g/mol. The lowest BCUT2D eigenvalue weighted by molar-refractivity contribution is -0.144. The molecule has 0 radical (unpaired) electrons. The van der Waals surface area contributed by atoms with Gasteiger partial charge in [-0.25, -0.2) is 18.2 Å². The van der Waals surface area contributed by atoms with Gasteiger partial charge in [0.1, 0.15) is 22.9 Å². The smallest absolute Gasteiger partial charge is 0.420 e. The first-order chi connectivity index (χ1) is 18.6. The third kappa shape index (κ3) is 5.68. The molecule has 0 spiro atoms. The molecule has 3 unspecified atom stereocenters. The number of benzene rings is 1. The van der Waals surface area contributed by atoms with Crippen molar-refractivity contribution in [2.45, 2.75) is 87.8 Å². The maximum Gasteiger partial charge on any atom is 0.420 e. The van der Waals surface area contributed by atoms with Gasteiger partial charge in [0.25, 0.3) is 17.7 Å². The predicted molar refractivity (Wildman–Crippen MR) is 132 cm³/mol. The van der Waals surface area contributed by atoms with E-state index in [9.17, 15) is 35.9 Å². The second-order valence-corrected chi connectivity index (χ2v) is 11.1. The predicted octanol–water partition coefficient (Wildman–Crippen LogP) is 4.85. The molecule has 2 bridgehead atoms. The molecule has 2 aromatic rings. The highest BCUT2D eigenvalue weighted by Crippen LogP contribution is 2.42. The lowest BCUT2D eigenvalue weighted by Gasteiger charge is -2.41. The zero-order valence-electron chi connectivity index (χ0n) is 21.7. The van der Waals surface area contributed by atoms with Crippen molar-refractivity contribution < 1.29 is 40.7 Å². The zero-order chi connectivity index (χ0) is 29.0. The first-order valence-corrected chi connectivity index (χ1v) is 12.9. The number of fused-ring (bicyclic) bond motifs is 2. The molecule has 216 valence electrons. The number of nitrogens with one attached hydrogen (secondary N) is 2. The molecule has 2 saturated heterocycles. The maximum atomic E-state index is 13.5. The summed E-state index contributed by atoms with van der Waals surface area (Å²) in [6.07, 6.45) is -1.10. The molecule has 40 heavy (non-hydrogen) atoms. The van der Waals surface area contributed by atoms with E-state index >= 15 is 0 Å². The van der Waals surface area contributed by atoms with Crippen LogP contribution < -0.4 is 20.3 Å². The number of rotatable bonds is 7. The monoisotopic (exact) mass is 570 g/mol.